The molecule has 0 radical (unpaired) electrons. The number of unbranched alkanes of at least 4 members (excludes halogenated alkanes) is 44. The van der Waals surface area contributed by atoms with E-state index in [1.165, 1.54) is 263 Å². The fourth-order valence-electron chi connectivity index (χ4n) is 10.3. The highest BCUT2D eigenvalue weighted by molar-refractivity contribution is 5.71. The summed E-state index contributed by atoms with van der Waals surface area (Å²) in [6.45, 7) is 11.5. The molecule has 1 unspecified atom stereocenters. The van der Waals surface area contributed by atoms with Gasteiger partial charge in [0.05, 0.1) is 0 Å². The molecule has 72 heavy (non-hydrogen) atoms. The molecule has 0 saturated heterocycles. The van der Waals surface area contributed by atoms with Crippen LogP contribution in [0.1, 0.15) is 375 Å². The molecule has 0 amide bonds. The van der Waals surface area contributed by atoms with Gasteiger partial charge in [0.2, 0.25) is 0 Å². The first-order chi connectivity index (χ1) is 35.3. The first kappa shape index (κ1) is 70.4. The molecule has 0 fully saturated rings. The lowest BCUT2D eigenvalue weighted by Gasteiger charge is -2.18. The minimum absolute atomic E-state index is 0.0617. The van der Waals surface area contributed by atoms with Crippen LogP contribution in [0.15, 0.2) is 0 Å². The zero-order valence-corrected chi connectivity index (χ0v) is 49.6. The Balaban J connectivity index is 4.27. The topological polar surface area (TPSA) is 78.9 Å². The summed E-state index contributed by atoms with van der Waals surface area (Å²) in [5.74, 6) is 0.913. The first-order valence-electron chi connectivity index (χ1n) is 32.8. The molecule has 0 spiro atoms. The molecule has 6 nitrogen and oxygen atoms in total. The molecule has 0 N–H and O–H groups in total. The van der Waals surface area contributed by atoms with E-state index < -0.39 is 6.10 Å². The van der Waals surface area contributed by atoms with Crippen LogP contribution in [0, 0.1) is 11.8 Å². The van der Waals surface area contributed by atoms with Crippen LogP contribution in [0.4, 0.5) is 0 Å². The summed E-state index contributed by atoms with van der Waals surface area (Å²) in [7, 11) is 0. The van der Waals surface area contributed by atoms with Crippen LogP contribution < -0.4 is 0 Å². The Morgan fingerprint density at radius 2 is 0.528 bits per heavy atom. The van der Waals surface area contributed by atoms with Crippen molar-refractivity contribution in [2.75, 3.05) is 13.2 Å². The van der Waals surface area contributed by atoms with Crippen molar-refractivity contribution >= 4 is 17.9 Å². The molecule has 0 bridgehead atoms. The summed E-state index contributed by atoms with van der Waals surface area (Å²) in [6, 6.07) is 0. The van der Waals surface area contributed by atoms with Gasteiger partial charge in [0.15, 0.2) is 6.10 Å². The van der Waals surface area contributed by atoms with E-state index in [1.807, 2.05) is 0 Å². The molecular weight excluding hydrogens is 889 g/mol. The Labute approximate surface area is 450 Å². The highest BCUT2D eigenvalue weighted by Gasteiger charge is 2.19. The molecular formula is C66H128O6. The Hall–Kier alpha value is -1.59. The van der Waals surface area contributed by atoms with E-state index in [1.54, 1.807) is 0 Å². The first-order valence-corrected chi connectivity index (χ1v) is 32.8. The maximum absolute atomic E-state index is 12.9. The lowest BCUT2D eigenvalue weighted by Crippen LogP contribution is -2.30. The van der Waals surface area contributed by atoms with Crippen LogP contribution in [0.25, 0.3) is 0 Å². The van der Waals surface area contributed by atoms with Gasteiger partial charge in [-0.3, -0.25) is 14.4 Å². The van der Waals surface area contributed by atoms with Crippen LogP contribution in [0.2, 0.25) is 0 Å². The van der Waals surface area contributed by atoms with Gasteiger partial charge in [-0.25, -0.2) is 0 Å². The summed E-state index contributed by atoms with van der Waals surface area (Å²) in [5, 5.41) is 0. The standard InChI is InChI=1S/C66H128O6/c1-6-8-9-10-11-12-13-14-15-18-22-25-31-36-41-46-51-56-64(67)70-59-63(60-71-65(68)57-52-47-42-37-32-28-27-29-34-39-44-49-54-61(3)4)72-66(69)58-53-48-43-38-33-26-23-20-17-16-19-21-24-30-35-40-45-50-55-62(5)7-2/h61-63H,6-60H2,1-5H3/t62?,63-/m1/s1. The van der Waals surface area contributed by atoms with Gasteiger partial charge >= 0.3 is 17.9 Å². The number of carbonyl (C=O) groups excluding carboxylic acids is 3. The highest BCUT2D eigenvalue weighted by Crippen LogP contribution is 2.19. The predicted molar refractivity (Wildman–Crippen MR) is 312 cm³/mol. The van der Waals surface area contributed by atoms with E-state index in [2.05, 4.69) is 34.6 Å². The molecule has 0 rings (SSSR count). The molecule has 0 aromatic carbocycles. The lowest BCUT2D eigenvalue weighted by atomic mass is 9.99. The van der Waals surface area contributed by atoms with Gasteiger partial charge in [0.25, 0.3) is 0 Å². The van der Waals surface area contributed by atoms with Crippen molar-refractivity contribution in [2.45, 2.75) is 381 Å². The fourth-order valence-corrected chi connectivity index (χ4v) is 10.3. The Bertz CT molecular complexity index is 1110. The van der Waals surface area contributed by atoms with E-state index >= 15 is 0 Å². The summed E-state index contributed by atoms with van der Waals surface area (Å²) in [5.41, 5.74) is 0. The average molecular weight is 1020 g/mol. The minimum atomic E-state index is -0.764. The van der Waals surface area contributed by atoms with Crippen LogP contribution in [0.3, 0.4) is 0 Å². The second-order valence-corrected chi connectivity index (χ2v) is 23.5. The zero-order chi connectivity index (χ0) is 52.5. The average Bonchev–Trinajstić information content (AvgIpc) is 3.37. The van der Waals surface area contributed by atoms with Crippen molar-refractivity contribution in [3.63, 3.8) is 0 Å². The fraction of sp³-hybridized carbons (Fsp3) is 0.955. The number of rotatable bonds is 60. The maximum atomic E-state index is 12.9. The SMILES string of the molecule is CCCCCCCCCCCCCCCCCCCC(=O)OC[C@H](COC(=O)CCCCCCCCCCCCCCC(C)C)OC(=O)CCCCCCCCCCCCCCCCCCCCC(C)CC. The van der Waals surface area contributed by atoms with Crippen molar-refractivity contribution in [1.82, 2.24) is 0 Å². The quantitative estimate of drug-likeness (QED) is 0.0343. The van der Waals surface area contributed by atoms with Gasteiger partial charge in [0.1, 0.15) is 13.2 Å². The molecule has 0 aliphatic heterocycles. The van der Waals surface area contributed by atoms with Crippen molar-refractivity contribution < 1.29 is 28.6 Å². The number of carbonyl (C=O) groups is 3. The van der Waals surface area contributed by atoms with Gasteiger partial charge in [-0.1, -0.05) is 336 Å². The van der Waals surface area contributed by atoms with Gasteiger partial charge in [-0.2, -0.15) is 0 Å². The second kappa shape index (κ2) is 58.7. The largest absolute Gasteiger partial charge is 0.462 e. The molecule has 0 heterocycles. The number of esters is 3. The normalized spacial score (nSPS) is 12.4. The Kier molecular flexibility index (Phi) is 57.4. The van der Waals surface area contributed by atoms with Gasteiger partial charge in [-0.15, -0.1) is 0 Å². The summed E-state index contributed by atoms with van der Waals surface area (Å²) < 4.78 is 17.0. The Morgan fingerprint density at radius 3 is 0.792 bits per heavy atom. The van der Waals surface area contributed by atoms with Gasteiger partial charge in [-0.05, 0) is 31.1 Å². The third-order valence-electron chi connectivity index (χ3n) is 15.6. The highest BCUT2D eigenvalue weighted by atomic mass is 16.6. The van der Waals surface area contributed by atoms with Gasteiger partial charge in [0, 0.05) is 19.3 Å². The predicted octanol–water partition coefficient (Wildman–Crippen LogP) is 22.0. The van der Waals surface area contributed by atoms with Crippen LogP contribution >= 0.6 is 0 Å². The van der Waals surface area contributed by atoms with Crippen molar-refractivity contribution in [1.29, 1.82) is 0 Å². The number of ether oxygens (including phenoxy) is 3. The van der Waals surface area contributed by atoms with E-state index in [0.717, 1.165) is 69.6 Å². The molecule has 0 aromatic heterocycles. The summed E-state index contributed by atoms with van der Waals surface area (Å²) in [4.78, 5) is 38.3. The monoisotopic (exact) mass is 1020 g/mol. The minimum Gasteiger partial charge on any atom is -0.462 e. The molecule has 6 heteroatoms. The summed E-state index contributed by atoms with van der Waals surface area (Å²) >= 11 is 0. The lowest BCUT2D eigenvalue weighted by molar-refractivity contribution is -0.167. The second-order valence-electron chi connectivity index (χ2n) is 23.5. The van der Waals surface area contributed by atoms with E-state index in [-0.39, 0.29) is 31.1 Å². The van der Waals surface area contributed by atoms with Gasteiger partial charge < -0.3 is 14.2 Å². The van der Waals surface area contributed by atoms with E-state index in [4.69, 9.17) is 14.2 Å². The number of hydrogen-bond donors (Lipinski definition) is 0. The van der Waals surface area contributed by atoms with E-state index in [0.29, 0.717) is 19.3 Å². The van der Waals surface area contributed by atoms with Crippen molar-refractivity contribution in [3.8, 4) is 0 Å². The molecule has 428 valence electrons. The number of hydrogen-bond acceptors (Lipinski definition) is 6. The third-order valence-corrected chi connectivity index (χ3v) is 15.6. The van der Waals surface area contributed by atoms with Crippen LogP contribution in [-0.4, -0.2) is 37.2 Å². The smallest absolute Gasteiger partial charge is 0.306 e. The van der Waals surface area contributed by atoms with E-state index in [9.17, 15) is 14.4 Å². The summed E-state index contributed by atoms with van der Waals surface area (Å²) in [6.07, 6.45) is 65.3. The Morgan fingerprint density at radius 1 is 0.292 bits per heavy atom. The maximum Gasteiger partial charge on any atom is 0.306 e. The van der Waals surface area contributed by atoms with Crippen molar-refractivity contribution in [3.05, 3.63) is 0 Å². The molecule has 0 aliphatic carbocycles. The molecule has 0 aliphatic rings. The molecule has 2 atom stereocenters. The van der Waals surface area contributed by atoms with Crippen LogP contribution in [0.5, 0.6) is 0 Å². The third kappa shape index (κ3) is 57.7. The molecule has 0 saturated carbocycles. The molecule has 0 aromatic rings. The zero-order valence-electron chi connectivity index (χ0n) is 49.6. The van der Waals surface area contributed by atoms with Crippen LogP contribution in [-0.2, 0) is 28.6 Å². The van der Waals surface area contributed by atoms with Crippen molar-refractivity contribution in [2.24, 2.45) is 11.8 Å².